The molecule has 0 aliphatic carbocycles. The van der Waals surface area contributed by atoms with Gasteiger partial charge in [-0.25, -0.2) is 4.39 Å². The van der Waals surface area contributed by atoms with Crippen molar-refractivity contribution >= 4 is 32.5 Å². The van der Waals surface area contributed by atoms with Crippen molar-refractivity contribution in [2.75, 3.05) is 5.32 Å². The maximum Gasteiger partial charge on any atom is 0.147 e. The van der Waals surface area contributed by atoms with Gasteiger partial charge < -0.3 is 5.32 Å². The molecule has 0 aliphatic heterocycles. The molecule has 0 saturated carbocycles. The zero-order valence-corrected chi connectivity index (χ0v) is 12.2. The molecule has 0 aliphatic rings. The number of nitrogens with one attached hydrogen (secondary N) is 1. The molecule has 0 atom stereocenters. The first-order valence-electron chi connectivity index (χ1n) is 6.26. The standard InChI is InChI=1S/C16H12BrFN2/c17-12-6-8-16(14(18)9-12)19-10-13-7-5-11-3-1-2-4-15(11)20-13/h1-9,19H,10H2. The van der Waals surface area contributed by atoms with E-state index in [1.165, 1.54) is 6.07 Å². The molecule has 1 N–H and O–H groups in total. The number of para-hydroxylation sites is 1. The summed E-state index contributed by atoms with van der Waals surface area (Å²) in [5, 5.41) is 4.17. The Labute approximate surface area is 124 Å². The van der Waals surface area contributed by atoms with E-state index in [1.807, 2.05) is 36.4 Å². The third-order valence-corrected chi connectivity index (χ3v) is 3.54. The molecule has 0 spiro atoms. The Balaban J connectivity index is 1.79. The molecule has 0 bridgehead atoms. The Morgan fingerprint density at radius 2 is 1.90 bits per heavy atom. The minimum Gasteiger partial charge on any atom is -0.377 e. The number of anilines is 1. The summed E-state index contributed by atoms with van der Waals surface area (Å²) >= 11 is 3.24. The van der Waals surface area contributed by atoms with E-state index in [0.717, 1.165) is 21.1 Å². The molecular weight excluding hydrogens is 319 g/mol. The number of aromatic nitrogens is 1. The first kappa shape index (κ1) is 13.1. The number of fused-ring (bicyclic) bond motifs is 1. The minimum absolute atomic E-state index is 0.278. The molecule has 2 nitrogen and oxygen atoms in total. The first-order valence-corrected chi connectivity index (χ1v) is 7.05. The summed E-state index contributed by atoms with van der Waals surface area (Å²) in [4.78, 5) is 4.54. The van der Waals surface area contributed by atoms with E-state index in [4.69, 9.17) is 0 Å². The molecule has 4 heteroatoms. The van der Waals surface area contributed by atoms with Gasteiger partial charge in [0, 0.05) is 9.86 Å². The lowest BCUT2D eigenvalue weighted by Crippen LogP contribution is -2.03. The quantitative estimate of drug-likeness (QED) is 0.749. The smallest absolute Gasteiger partial charge is 0.147 e. The van der Waals surface area contributed by atoms with Gasteiger partial charge in [0.25, 0.3) is 0 Å². The SMILES string of the molecule is Fc1cc(Br)ccc1NCc1ccc2ccccc2n1. The topological polar surface area (TPSA) is 24.9 Å². The minimum atomic E-state index is -0.278. The lowest BCUT2D eigenvalue weighted by atomic mass is 10.2. The Bertz CT molecular complexity index is 758. The van der Waals surface area contributed by atoms with Gasteiger partial charge in [-0.15, -0.1) is 0 Å². The summed E-state index contributed by atoms with van der Waals surface area (Å²) in [5.74, 6) is -0.278. The lowest BCUT2D eigenvalue weighted by Gasteiger charge is -2.08. The molecule has 0 fully saturated rings. The second-order valence-electron chi connectivity index (χ2n) is 4.47. The molecule has 0 radical (unpaired) electrons. The van der Waals surface area contributed by atoms with Crippen molar-refractivity contribution in [2.24, 2.45) is 0 Å². The Morgan fingerprint density at radius 1 is 1.05 bits per heavy atom. The van der Waals surface area contributed by atoms with Gasteiger partial charge in [0.2, 0.25) is 0 Å². The van der Waals surface area contributed by atoms with Crippen LogP contribution in [0.3, 0.4) is 0 Å². The van der Waals surface area contributed by atoms with Crippen LogP contribution in [-0.4, -0.2) is 4.98 Å². The number of halogens is 2. The average Bonchev–Trinajstić information content (AvgIpc) is 2.46. The number of pyridine rings is 1. The molecule has 0 unspecified atom stereocenters. The summed E-state index contributed by atoms with van der Waals surface area (Å²) in [5.41, 5.74) is 2.30. The number of nitrogens with zero attached hydrogens (tertiary/aromatic N) is 1. The van der Waals surface area contributed by atoms with E-state index in [1.54, 1.807) is 12.1 Å². The van der Waals surface area contributed by atoms with E-state index in [2.05, 4.69) is 26.2 Å². The van der Waals surface area contributed by atoms with Crippen molar-refractivity contribution in [3.8, 4) is 0 Å². The highest BCUT2D eigenvalue weighted by Crippen LogP contribution is 2.20. The highest BCUT2D eigenvalue weighted by Gasteiger charge is 2.03. The molecule has 3 aromatic rings. The van der Waals surface area contributed by atoms with Gasteiger partial charge >= 0.3 is 0 Å². The highest BCUT2D eigenvalue weighted by molar-refractivity contribution is 9.10. The van der Waals surface area contributed by atoms with E-state index in [-0.39, 0.29) is 5.82 Å². The first-order chi connectivity index (χ1) is 9.72. The van der Waals surface area contributed by atoms with E-state index < -0.39 is 0 Å². The van der Waals surface area contributed by atoms with E-state index in [0.29, 0.717) is 12.2 Å². The van der Waals surface area contributed by atoms with Gasteiger partial charge in [-0.1, -0.05) is 40.2 Å². The van der Waals surface area contributed by atoms with Crippen molar-refractivity contribution in [3.05, 3.63) is 70.6 Å². The second kappa shape index (κ2) is 5.59. The molecule has 0 saturated heterocycles. The van der Waals surface area contributed by atoms with Crippen LogP contribution in [0.25, 0.3) is 10.9 Å². The van der Waals surface area contributed by atoms with Crippen LogP contribution < -0.4 is 5.32 Å². The summed E-state index contributed by atoms with van der Waals surface area (Å²) in [6.07, 6.45) is 0. The van der Waals surface area contributed by atoms with Crippen LogP contribution in [0.4, 0.5) is 10.1 Å². The normalized spacial score (nSPS) is 10.7. The molecular formula is C16H12BrFN2. The average molecular weight is 331 g/mol. The predicted molar refractivity (Wildman–Crippen MR) is 83.2 cm³/mol. The fourth-order valence-electron chi connectivity index (χ4n) is 2.03. The predicted octanol–water partition coefficient (Wildman–Crippen LogP) is 4.75. The van der Waals surface area contributed by atoms with Gasteiger partial charge in [-0.3, -0.25) is 4.98 Å². The van der Waals surface area contributed by atoms with E-state index >= 15 is 0 Å². The Hall–Kier alpha value is -1.94. The van der Waals surface area contributed by atoms with Crippen molar-refractivity contribution in [1.29, 1.82) is 0 Å². The lowest BCUT2D eigenvalue weighted by molar-refractivity contribution is 0.629. The monoisotopic (exact) mass is 330 g/mol. The van der Waals surface area contributed by atoms with Crippen LogP contribution in [0.2, 0.25) is 0 Å². The maximum atomic E-state index is 13.7. The molecule has 2 aromatic carbocycles. The number of hydrogen-bond donors (Lipinski definition) is 1. The maximum absolute atomic E-state index is 13.7. The molecule has 1 heterocycles. The van der Waals surface area contributed by atoms with Gasteiger partial charge in [0.05, 0.1) is 23.4 Å². The zero-order valence-electron chi connectivity index (χ0n) is 10.6. The fourth-order valence-corrected chi connectivity index (χ4v) is 2.36. The Kier molecular flexibility index (Phi) is 3.65. The van der Waals surface area contributed by atoms with Gasteiger partial charge in [-0.2, -0.15) is 0 Å². The second-order valence-corrected chi connectivity index (χ2v) is 5.39. The van der Waals surface area contributed by atoms with E-state index in [9.17, 15) is 4.39 Å². The summed E-state index contributed by atoms with van der Waals surface area (Å²) in [7, 11) is 0. The molecule has 20 heavy (non-hydrogen) atoms. The molecule has 1 aromatic heterocycles. The molecule has 3 rings (SSSR count). The number of hydrogen-bond acceptors (Lipinski definition) is 2. The third kappa shape index (κ3) is 2.80. The van der Waals surface area contributed by atoms with Crippen LogP contribution >= 0.6 is 15.9 Å². The fraction of sp³-hybridized carbons (Fsp3) is 0.0625. The number of benzene rings is 2. The summed E-state index contributed by atoms with van der Waals surface area (Å²) in [6, 6.07) is 16.9. The van der Waals surface area contributed by atoms with Gasteiger partial charge in [0.15, 0.2) is 0 Å². The molecule has 0 amide bonds. The van der Waals surface area contributed by atoms with Crippen molar-refractivity contribution in [1.82, 2.24) is 4.98 Å². The van der Waals surface area contributed by atoms with Crippen LogP contribution in [0.15, 0.2) is 59.1 Å². The summed E-state index contributed by atoms with van der Waals surface area (Å²) < 4.78 is 14.4. The van der Waals surface area contributed by atoms with Crippen molar-refractivity contribution in [2.45, 2.75) is 6.54 Å². The zero-order chi connectivity index (χ0) is 13.9. The highest BCUT2D eigenvalue weighted by atomic mass is 79.9. The Morgan fingerprint density at radius 3 is 2.75 bits per heavy atom. The van der Waals surface area contributed by atoms with Crippen molar-refractivity contribution < 1.29 is 4.39 Å². The van der Waals surface area contributed by atoms with Crippen LogP contribution in [0.5, 0.6) is 0 Å². The van der Waals surface area contributed by atoms with Crippen LogP contribution in [0.1, 0.15) is 5.69 Å². The number of rotatable bonds is 3. The van der Waals surface area contributed by atoms with Crippen LogP contribution in [-0.2, 0) is 6.54 Å². The third-order valence-electron chi connectivity index (χ3n) is 3.05. The van der Waals surface area contributed by atoms with Crippen LogP contribution in [0, 0.1) is 5.82 Å². The largest absolute Gasteiger partial charge is 0.377 e. The molecule has 100 valence electrons. The van der Waals surface area contributed by atoms with Gasteiger partial charge in [0.1, 0.15) is 5.82 Å². The van der Waals surface area contributed by atoms with Gasteiger partial charge in [-0.05, 0) is 30.3 Å². The summed E-state index contributed by atoms with van der Waals surface area (Å²) in [6.45, 7) is 0.489. The van der Waals surface area contributed by atoms with Crippen molar-refractivity contribution in [3.63, 3.8) is 0 Å².